The largest absolute Gasteiger partial charge is 0.465 e. The monoisotopic (exact) mass is 230 g/mol. The molecule has 16 heavy (non-hydrogen) atoms. The van der Waals surface area contributed by atoms with Crippen molar-refractivity contribution >= 4 is 5.97 Å². The molecule has 1 saturated heterocycles. The van der Waals surface area contributed by atoms with Crippen LogP contribution in [-0.2, 0) is 14.3 Å². The molecule has 0 spiro atoms. The molecule has 1 aliphatic heterocycles. The molecule has 94 valence electrons. The number of carbonyl (C=O) groups is 1. The molecule has 1 fully saturated rings. The number of likely N-dealkylation sites (N-methyl/N-ethyl adjacent to an activating group) is 1. The van der Waals surface area contributed by atoms with Gasteiger partial charge in [0.1, 0.15) is 5.54 Å². The van der Waals surface area contributed by atoms with Crippen LogP contribution in [0, 0.1) is 0 Å². The molecule has 1 unspecified atom stereocenters. The second-order valence-electron chi connectivity index (χ2n) is 4.34. The van der Waals surface area contributed by atoms with Crippen molar-refractivity contribution in [2.75, 3.05) is 47.0 Å². The van der Waals surface area contributed by atoms with E-state index < -0.39 is 5.54 Å². The Morgan fingerprint density at radius 1 is 1.56 bits per heavy atom. The molecule has 5 heteroatoms. The molecule has 5 nitrogen and oxygen atoms in total. The molecule has 1 heterocycles. The van der Waals surface area contributed by atoms with Gasteiger partial charge in [-0.25, -0.2) is 4.79 Å². The van der Waals surface area contributed by atoms with Crippen molar-refractivity contribution in [3.8, 4) is 0 Å². The predicted octanol–water partition coefficient (Wildman–Crippen LogP) is -0.140. The zero-order valence-electron chi connectivity index (χ0n) is 10.4. The lowest BCUT2D eigenvalue weighted by Gasteiger charge is -2.27. The first-order valence-corrected chi connectivity index (χ1v) is 5.75. The Bertz CT molecular complexity index is 225. The fourth-order valence-electron chi connectivity index (χ4n) is 1.73. The zero-order chi connectivity index (χ0) is 12.0. The van der Waals surface area contributed by atoms with Crippen molar-refractivity contribution in [2.24, 2.45) is 0 Å². The van der Waals surface area contributed by atoms with Gasteiger partial charge in [-0.3, -0.25) is 5.32 Å². The van der Waals surface area contributed by atoms with E-state index in [1.165, 1.54) is 0 Å². The lowest BCUT2D eigenvalue weighted by molar-refractivity contribution is -0.151. The van der Waals surface area contributed by atoms with Crippen LogP contribution in [0.15, 0.2) is 0 Å². The average Bonchev–Trinajstić information content (AvgIpc) is 2.67. The first-order valence-electron chi connectivity index (χ1n) is 5.75. The molecule has 0 aromatic carbocycles. The summed E-state index contributed by atoms with van der Waals surface area (Å²) in [6, 6.07) is 0. The molecule has 0 bridgehead atoms. The van der Waals surface area contributed by atoms with Gasteiger partial charge in [0.25, 0.3) is 0 Å². The Labute approximate surface area is 97.1 Å². The van der Waals surface area contributed by atoms with Crippen LogP contribution in [-0.4, -0.2) is 63.4 Å². The highest BCUT2D eigenvalue weighted by molar-refractivity contribution is 5.81. The summed E-state index contributed by atoms with van der Waals surface area (Å²) in [6.45, 7) is 4.92. The molecule has 0 amide bonds. The normalized spacial score (nSPS) is 25.0. The summed E-state index contributed by atoms with van der Waals surface area (Å²) in [6.07, 6.45) is 0.694. The molecule has 1 rings (SSSR count). The van der Waals surface area contributed by atoms with Gasteiger partial charge in [0.15, 0.2) is 0 Å². The van der Waals surface area contributed by atoms with Gasteiger partial charge in [-0.1, -0.05) is 0 Å². The van der Waals surface area contributed by atoms with Crippen LogP contribution >= 0.6 is 0 Å². The van der Waals surface area contributed by atoms with Crippen LogP contribution in [0.3, 0.4) is 0 Å². The van der Waals surface area contributed by atoms with Crippen LogP contribution in [0.25, 0.3) is 0 Å². The van der Waals surface area contributed by atoms with Gasteiger partial charge in [0.2, 0.25) is 0 Å². The van der Waals surface area contributed by atoms with Crippen LogP contribution in [0.4, 0.5) is 0 Å². The van der Waals surface area contributed by atoms with E-state index in [-0.39, 0.29) is 5.97 Å². The number of rotatable bonds is 6. The van der Waals surface area contributed by atoms with E-state index in [2.05, 4.69) is 10.2 Å². The van der Waals surface area contributed by atoms with E-state index in [1.54, 1.807) is 0 Å². The van der Waals surface area contributed by atoms with E-state index in [9.17, 15) is 4.79 Å². The minimum Gasteiger partial charge on any atom is -0.465 e. The maximum atomic E-state index is 11.9. The van der Waals surface area contributed by atoms with Gasteiger partial charge in [-0.2, -0.15) is 0 Å². The van der Waals surface area contributed by atoms with Crippen molar-refractivity contribution < 1.29 is 14.3 Å². The lowest BCUT2D eigenvalue weighted by Crippen LogP contribution is -2.55. The fourth-order valence-corrected chi connectivity index (χ4v) is 1.73. The highest BCUT2D eigenvalue weighted by Crippen LogP contribution is 2.20. The van der Waals surface area contributed by atoms with E-state index in [4.69, 9.17) is 9.47 Å². The van der Waals surface area contributed by atoms with E-state index >= 15 is 0 Å². The number of nitrogens with zero attached hydrogens (tertiary/aromatic N) is 1. The minimum atomic E-state index is -0.619. The van der Waals surface area contributed by atoms with Crippen molar-refractivity contribution in [2.45, 2.75) is 18.9 Å². The number of carbonyl (C=O) groups excluding carboxylic acids is 1. The molecule has 0 radical (unpaired) electrons. The summed E-state index contributed by atoms with van der Waals surface area (Å²) in [7, 11) is 4.01. The SMILES string of the molecule is CCOC(=O)C1(NCCN(C)C)CCOC1. The molecule has 0 aromatic heterocycles. The highest BCUT2D eigenvalue weighted by Gasteiger charge is 2.43. The summed E-state index contributed by atoms with van der Waals surface area (Å²) >= 11 is 0. The summed E-state index contributed by atoms with van der Waals surface area (Å²) in [5.41, 5.74) is -0.619. The fraction of sp³-hybridized carbons (Fsp3) is 0.909. The van der Waals surface area contributed by atoms with Gasteiger partial charge in [-0.15, -0.1) is 0 Å². The van der Waals surface area contributed by atoms with Gasteiger partial charge >= 0.3 is 5.97 Å². The third-order valence-corrected chi connectivity index (χ3v) is 2.71. The topological polar surface area (TPSA) is 50.8 Å². The zero-order valence-corrected chi connectivity index (χ0v) is 10.4. The van der Waals surface area contributed by atoms with Crippen LogP contribution in [0.2, 0.25) is 0 Å². The Morgan fingerprint density at radius 2 is 2.31 bits per heavy atom. The lowest BCUT2D eigenvalue weighted by atomic mass is 9.99. The minimum absolute atomic E-state index is 0.189. The van der Waals surface area contributed by atoms with Crippen LogP contribution in [0.5, 0.6) is 0 Å². The summed E-state index contributed by atoms with van der Waals surface area (Å²) in [5.74, 6) is -0.189. The van der Waals surface area contributed by atoms with Crippen molar-refractivity contribution in [1.82, 2.24) is 10.2 Å². The number of esters is 1. The molecule has 1 aliphatic rings. The van der Waals surface area contributed by atoms with Crippen LogP contribution < -0.4 is 5.32 Å². The molecule has 0 aromatic rings. The second kappa shape index (κ2) is 6.18. The van der Waals surface area contributed by atoms with Crippen LogP contribution in [0.1, 0.15) is 13.3 Å². The van der Waals surface area contributed by atoms with E-state index in [1.807, 2.05) is 21.0 Å². The van der Waals surface area contributed by atoms with Gasteiger partial charge < -0.3 is 14.4 Å². The number of hydrogen-bond acceptors (Lipinski definition) is 5. The molecular formula is C11H22N2O3. The molecule has 0 saturated carbocycles. The third-order valence-electron chi connectivity index (χ3n) is 2.71. The third kappa shape index (κ3) is 3.43. The van der Waals surface area contributed by atoms with Gasteiger partial charge in [0.05, 0.1) is 13.2 Å². The summed E-state index contributed by atoms with van der Waals surface area (Å²) in [5, 5.41) is 3.27. The summed E-state index contributed by atoms with van der Waals surface area (Å²) in [4.78, 5) is 13.9. The number of nitrogens with one attached hydrogen (secondary N) is 1. The van der Waals surface area contributed by atoms with Crippen molar-refractivity contribution in [3.63, 3.8) is 0 Å². The Kier molecular flexibility index (Phi) is 5.18. The maximum absolute atomic E-state index is 11.9. The Balaban J connectivity index is 2.48. The van der Waals surface area contributed by atoms with Crippen molar-refractivity contribution in [3.05, 3.63) is 0 Å². The van der Waals surface area contributed by atoms with Crippen molar-refractivity contribution in [1.29, 1.82) is 0 Å². The maximum Gasteiger partial charge on any atom is 0.328 e. The van der Waals surface area contributed by atoms with Gasteiger partial charge in [0, 0.05) is 26.1 Å². The Morgan fingerprint density at radius 3 is 2.81 bits per heavy atom. The smallest absolute Gasteiger partial charge is 0.328 e. The second-order valence-corrected chi connectivity index (χ2v) is 4.34. The first-order chi connectivity index (χ1) is 7.60. The first kappa shape index (κ1) is 13.4. The number of ether oxygens (including phenoxy) is 2. The molecular weight excluding hydrogens is 208 g/mol. The van der Waals surface area contributed by atoms with E-state index in [0.29, 0.717) is 26.2 Å². The standard InChI is InChI=1S/C11H22N2O3/c1-4-16-10(14)11(5-8-15-9-11)12-6-7-13(2)3/h12H,4-9H2,1-3H3. The Hall–Kier alpha value is -0.650. The molecule has 0 aliphatic carbocycles. The van der Waals surface area contributed by atoms with E-state index in [0.717, 1.165) is 13.1 Å². The number of hydrogen-bond donors (Lipinski definition) is 1. The predicted molar refractivity (Wildman–Crippen MR) is 61.4 cm³/mol. The summed E-state index contributed by atoms with van der Waals surface area (Å²) < 4.78 is 10.4. The average molecular weight is 230 g/mol. The quantitative estimate of drug-likeness (QED) is 0.644. The molecule has 1 atom stereocenters. The van der Waals surface area contributed by atoms with Gasteiger partial charge in [-0.05, 0) is 21.0 Å². The molecule has 1 N–H and O–H groups in total. The highest BCUT2D eigenvalue weighted by atomic mass is 16.5.